The molecule has 7 heteroatoms. The fourth-order valence-corrected chi connectivity index (χ4v) is 2.48. The predicted molar refractivity (Wildman–Crippen MR) is 70.7 cm³/mol. The molecule has 2 atom stereocenters. The maximum Gasteiger partial charge on any atom is 0.406 e. The Bertz CT molecular complexity index is 519. The molecule has 0 aromatic heterocycles. The molecular formula is C14H17F3N2O2. The minimum absolute atomic E-state index is 0.429. The van der Waals surface area contributed by atoms with E-state index in [0.717, 1.165) is 4.90 Å². The summed E-state index contributed by atoms with van der Waals surface area (Å²) in [4.78, 5) is 12.9. The summed E-state index contributed by atoms with van der Waals surface area (Å²) in [5, 5.41) is 2.95. The molecule has 0 radical (unpaired) electrons. The number of nitrogens with one attached hydrogen (secondary N) is 1. The smallest absolute Gasteiger partial charge is 0.406 e. The van der Waals surface area contributed by atoms with Crippen molar-refractivity contribution < 1.29 is 22.7 Å². The Morgan fingerprint density at radius 1 is 1.33 bits per heavy atom. The molecule has 1 N–H and O–H groups in total. The molecule has 0 saturated carbocycles. The summed E-state index contributed by atoms with van der Waals surface area (Å²) in [6.45, 7) is 0.476. The molecular weight excluding hydrogens is 285 g/mol. The molecule has 1 fully saturated rings. The van der Waals surface area contributed by atoms with Gasteiger partial charge < -0.3 is 9.64 Å². The molecule has 1 aromatic rings. The first kappa shape index (κ1) is 15.6. The van der Waals surface area contributed by atoms with Crippen LogP contribution in [0.5, 0.6) is 5.75 Å². The SMILES string of the molecule is CCC1NC(c2ccccc2OC)N(CC(F)(F)F)C1=O. The second-order valence-electron chi connectivity index (χ2n) is 4.85. The number of benzene rings is 1. The Labute approximate surface area is 120 Å². The maximum atomic E-state index is 12.7. The van der Waals surface area contributed by atoms with Crippen molar-refractivity contribution in [3.8, 4) is 5.75 Å². The summed E-state index contributed by atoms with van der Waals surface area (Å²) < 4.78 is 43.4. The third kappa shape index (κ3) is 3.29. The van der Waals surface area contributed by atoms with Crippen molar-refractivity contribution in [1.82, 2.24) is 10.2 Å². The van der Waals surface area contributed by atoms with E-state index in [4.69, 9.17) is 4.74 Å². The number of para-hydroxylation sites is 1. The van der Waals surface area contributed by atoms with Crippen molar-refractivity contribution in [2.24, 2.45) is 0 Å². The van der Waals surface area contributed by atoms with Crippen LogP contribution in [0.2, 0.25) is 0 Å². The number of alkyl halides is 3. The Hall–Kier alpha value is -1.76. The molecule has 1 heterocycles. The van der Waals surface area contributed by atoms with E-state index in [0.29, 0.717) is 17.7 Å². The van der Waals surface area contributed by atoms with Crippen molar-refractivity contribution in [2.75, 3.05) is 13.7 Å². The predicted octanol–water partition coefficient (Wildman–Crippen LogP) is 2.47. The molecule has 0 aliphatic carbocycles. The number of carbonyl (C=O) groups excluding carboxylic acids is 1. The van der Waals surface area contributed by atoms with Gasteiger partial charge in [0.05, 0.1) is 13.2 Å². The highest BCUT2D eigenvalue weighted by molar-refractivity contribution is 5.84. The van der Waals surface area contributed by atoms with E-state index in [-0.39, 0.29) is 0 Å². The Morgan fingerprint density at radius 3 is 2.57 bits per heavy atom. The summed E-state index contributed by atoms with van der Waals surface area (Å²) in [6.07, 6.45) is -4.85. The number of hydrogen-bond acceptors (Lipinski definition) is 3. The molecule has 1 saturated heterocycles. The number of nitrogens with zero attached hydrogens (tertiary/aromatic N) is 1. The topological polar surface area (TPSA) is 41.6 Å². The third-order valence-electron chi connectivity index (χ3n) is 3.44. The Balaban J connectivity index is 2.37. The largest absolute Gasteiger partial charge is 0.496 e. The molecule has 0 bridgehead atoms. The molecule has 116 valence electrons. The molecule has 2 unspecified atom stereocenters. The van der Waals surface area contributed by atoms with E-state index < -0.39 is 30.8 Å². The Kier molecular flexibility index (Phi) is 4.41. The summed E-state index contributed by atoms with van der Waals surface area (Å²) in [5.74, 6) is -0.0857. The fourth-order valence-electron chi connectivity index (χ4n) is 2.48. The van der Waals surface area contributed by atoms with Gasteiger partial charge in [0.1, 0.15) is 18.5 Å². The molecule has 1 amide bonds. The van der Waals surface area contributed by atoms with Gasteiger partial charge in [-0.05, 0) is 12.5 Å². The number of halogens is 3. The lowest BCUT2D eigenvalue weighted by Gasteiger charge is -2.26. The Morgan fingerprint density at radius 2 is 2.00 bits per heavy atom. The number of amides is 1. The van der Waals surface area contributed by atoms with Crippen LogP contribution in [0.4, 0.5) is 13.2 Å². The van der Waals surface area contributed by atoms with Crippen LogP contribution >= 0.6 is 0 Å². The summed E-state index contributed by atoms with van der Waals surface area (Å²) in [6, 6.07) is 6.14. The van der Waals surface area contributed by atoms with E-state index in [1.165, 1.54) is 7.11 Å². The van der Waals surface area contributed by atoms with E-state index in [9.17, 15) is 18.0 Å². The van der Waals surface area contributed by atoms with Gasteiger partial charge in [-0.2, -0.15) is 13.2 Å². The monoisotopic (exact) mass is 302 g/mol. The van der Waals surface area contributed by atoms with E-state index >= 15 is 0 Å². The quantitative estimate of drug-likeness (QED) is 0.929. The number of ether oxygens (including phenoxy) is 1. The first-order chi connectivity index (χ1) is 9.87. The van der Waals surface area contributed by atoms with E-state index in [1.807, 2.05) is 0 Å². The zero-order valence-electron chi connectivity index (χ0n) is 11.8. The average molecular weight is 302 g/mol. The third-order valence-corrected chi connectivity index (χ3v) is 3.44. The highest BCUT2D eigenvalue weighted by atomic mass is 19.4. The van der Waals surface area contributed by atoms with Crippen LogP contribution in [-0.2, 0) is 4.79 Å². The van der Waals surface area contributed by atoms with Crippen LogP contribution in [0.25, 0.3) is 0 Å². The lowest BCUT2D eigenvalue weighted by molar-refractivity contribution is -0.161. The lowest BCUT2D eigenvalue weighted by atomic mass is 10.1. The first-order valence-electron chi connectivity index (χ1n) is 6.63. The zero-order valence-corrected chi connectivity index (χ0v) is 11.8. The fraction of sp³-hybridized carbons (Fsp3) is 0.500. The standard InChI is InChI=1S/C14H17F3N2O2/c1-3-10-13(20)19(8-14(15,16)17)12(18-10)9-6-4-5-7-11(9)21-2/h4-7,10,12,18H,3,8H2,1-2H3. The van der Waals surface area contributed by atoms with Gasteiger partial charge in [0.25, 0.3) is 0 Å². The second-order valence-corrected chi connectivity index (χ2v) is 4.85. The zero-order chi connectivity index (χ0) is 15.6. The number of hydrogen-bond donors (Lipinski definition) is 1. The number of methoxy groups -OCH3 is 1. The van der Waals surface area contributed by atoms with Crippen LogP contribution in [0, 0.1) is 0 Å². The minimum atomic E-state index is -4.44. The van der Waals surface area contributed by atoms with Crippen LogP contribution in [0.3, 0.4) is 0 Å². The van der Waals surface area contributed by atoms with E-state index in [1.54, 1.807) is 31.2 Å². The van der Waals surface area contributed by atoms with Gasteiger partial charge >= 0.3 is 6.18 Å². The molecule has 0 spiro atoms. The summed E-state index contributed by atoms with van der Waals surface area (Å²) in [7, 11) is 1.45. The molecule has 2 rings (SSSR count). The van der Waals surface area contributed by atoms with Gasteiger partial charge in [-0.3, -0.25) is 10.1 Å². The van der Waals surface area contributed by atoms with Crippen LogP contribution < -0.4 is 10.1 Å². The lowest BCUT2D eigenvalue weighted by Crippen LogP contribution is -2.38. The highest BCUT2D eigenvalue weighted by Crippen LogP contribution is 2.34. The van der Waals surface area contributed by atoms with E-state index in [2.05, 4.69) is 5.32 Å². The van der Waals surface area contributed by atoms with Gasteiger partial charge in [-0.25, -0.2) is 0 Å². The van der Waals surface area contributed by atoms with Gasteiger partial charge in [0.15, 0.2) is 0 Å². The highest BCUT2D eigenvalue weighted by Gasteiger charge is 2.45. The van der Waals surface area contributed by atoms with Crippen molar-refractivity contribution >= 4 is 5.91 Å². The first-order valence-corrected chi connectivity index (χ1v) is 6.63. The van der Waals surface area contributed by atoms with Gasteiger partial charge in [0, 0.05) is 5.56 Å². The van der Waals surface area contributed by atoms with Gasteiger partial charge in [-0.1, -0.05) is 25.1 Å². The maximum absolute atomic E-state index is 12.7. The molecule has 1 aromatic carbocycles. The van der Waals surface area contributed by atoms with Crippen molar-refractivity contribution in [3.05, 3.63) is 29.8 Å². The molecule has 4 nitrogen and oxygen atoms in total. The molecule has 1 aliphatic heterocycles. The second kappa shape index (κ2) is 5.93. The average Bonchev–Trinajstić information content (AvgIpc) is 2.74. The van der Waals surface area contributed by atoms with Crippen molar-refractivity contribution in [3.63, 3.8) is 0 Å². The normalized spacial score (nSPS) is 22.7. The van der Waals surface area contributed by atoms with Crippen LogP contribution in [0.15, 0.2) is 24.3 Å². The van der Waals surface area contributed by atoms with Crippen LogP contribution in [0.1, 0.15) is 25.1 Å². The molecule has 21 heavy (non-hydrogen) atoms. The number of rotatable bonds is 4. The summed E-state index contributed by atoms with van der Waals surface area (Å²) in [5.41, 5.74) is 0.522. The van der Waals surface area contributed by atoms with Gasteiger partial charge in [0.2, 0.25) is 5.91 Å². The molecule has 1 aliphatic rings. The van der Waals surface area contributed by atoms with Crippen LogP contribution in [-0.4, -0.2) is 36.7 Å². The minimum Gasteiger partial charge on any atom is -0.496 e. The van der Waals surface area contributed by atoms with Crippen molar-refractivity contribution in [1.29, 1.82) is 0 Å². The van der Waals surface area contributed by atoms with Crippen molar-refractivity contribution in [2.45, 2.75) is 31.7 Å². The van der Waals surface area contributed by atoms with Gasteiger partial charge in [-0.15, -0.1) is 0 Å². The number of carbonyl (C=O) groups is 1. The summed E-state index contributed by atoms with van der Waals surface area (Å²) >= 11 is 0.